The molecule has 1 aromatic carbocycles. The summed E-state index contributed by atoms with van der Waals surface area (Å²) in [5.74, 6) is -0.0634. The van der Waals surface area contributed by atoms with Crippen LogP contribution >= 0.6 is 0 Å². The molecule has 1 atom stereocenters. The fourth-order valence-corrected chi connectivity index (χ4v) is 3.65. The lowest BCUT2D eigenvalue weighted by atomic mass is 9.93. The fraction of sp³-hybridized carbons (Fsp3) is 0.500. The molecule has 156 valence electrons. The molecule has 2 aliphatic heterocycles. The van der Waals surface area contributed by atoms with Crippen molar-refractivity contribution < 1.29 is 28.7 Å². The van der Waals surface area contributed by atoms with Gasteiger partial charge >= 0.3 is 12.0 Å². The van der Waals surface area contributed by atoms with Crippen molar-refractivity contribution in [1.29, 1.82) is 0 Å². The number of nitrogens with one attached hydrogen (secondary N) is 1. The third-order valence-corrected chi connectivity index (χ3v) is 5.38. The minimum Gasteiger partial charge on any atom is -0.497 e. The molecule has 9 heteroatoms. The summed E-state index contributed by atoms with van der Waals surface area (Å²) in [6, 6.07) is 5.12. The number of urea groups is 1. The maximum absolute atomic E-state index is 12.7. The second kappa shape index (κ2) is 8.93. The number of esters is 1. The number of amides is 4. The highest BCUT2D eigenvalue weighted by Crippen LogP contribution is 2.25. The quantitative estimate of drug-likeness (QED) is 0.567. The number of hydrogen-bond donors (Lipinski definition) is 1. The Hall–Kier alpha value is -3.10. The minimum atomic E-state index is -0.884. The van der Waals surface area contributed by atoms with E-state index < -0.39 is 18.0 Å². The zero-order chi connectivity index (χ0) is 21.0. The summed E-state index contributed by atoms with van der Waals surface area (Å²) in [6.07, 6.45) is 1.69. The number of imide groups is 1. The maximum atomic E-state index is 12.7. The van der Waals surface area contributed by atoms with Crippen molar-refractivity contribution >= 4 is 29.5 Å². The molecule has 3 rings (SSSR count). The van der Waals surface area contributed by atoms with E-state index in [9.17, 15) is 19.2 Å². The van der Waals surface area contributed by atoms with Crippen LogP contribution in [0.25, 0.3) is 0 Å². The lowest BCUT2D eigenvalue weighted by Gasteiger charge is -2.32. The fourth-order valence-electron chi connectivity index (χ4n) is 3.65. The van der Waals surface area contributed by atoms with Crippen molar-refractivity contribution in [2.75, 3.05) is 32.2 Å². The molecule has 0 radical (unpaired) electrons. The molecule has 29 heavy (non-hydrogen) atoms. The SMILES string of the molecule is COC(=O)CC1CCN(C(=O)CC2NC(=O)N(c3ccc(OC)cc3)C2=O)CC1. The topological polar surface area (TPSA) is 105 Å². The highest BCUT2D eigenvalue weighted by molar-refractivity contribution is 6.22. The first-order valence-electron chi connectivity index (χ1n) is 9.56. The first kappa shape index (κ1) is 20.6. The van der Waals surface area contributed by atoms with E-state index in [4.69, 9.17) is 4.74 Å². The number of carbonyl (C=O) groups is 4. The lowest BCUT2D eigenvalue weighted by Crippen LogP contribution is -2.43. The Morgan fingerprint density at radius 3 is 2.31 bits per heavy atom. The van der Waals surface area contributed by atoms with E-state index in [1.807, 2.05) is 0 Å². The number of methoxy groups -OCH3 is 2. The molecule has 2 aliphatic rings. The molecule has 1 unspecified atom stereocenters. The molecular weight excluding hydrogens is 378 g/mol. The van der Waals surface area contributed by atoms with Crippen LogP contribution in [0.2, 0.25) is 0 Å². The molecule has 4 amide bonds. The van der Waals surface area contributed by atoms with Crippen molar-refractivity contribution in [1.82, 2.24) is 10.2 Å². The van der Waals surface area contributed by atoms with Crippen molar-refractivity contribution in [2.45, 2.75) is 31.7 Å². The van der Waals surface area contributed by atoms with Crippen LogP contribution < -0.4 is 15.0 Å². The predicted octanol–water partition coefficient (Wildman–Crippen LogP) is 1.31. The molecule has 1 N–H and O–H groups in total. The van der Waals surface area contributed by atoms with Gasteiger partial charge < -0.3 is 19.7 Å². The molecule has 0 aromatic heterocycles. The van der Waals surface area contributed by atoms with Gasteiger partial charge in [0.25, 0.3) is 5.91 Å². The second-order valence-corrected chi connectivity index (χ2v) is 7.18. The molecule has 0 aliphatic carbocycles. The highest BCUT2D eigenvalue weighted by Gasteiger charge is 2.41. The van der Waals surface area contributed by atoms with Crippen molar-refractivity contribution in [3.8, 4) is 5.75 Å². The Morgan fingerprint density at radius 1 is 1.07 bits per heavy atom. The van der Waals surface area contributed by atoms with Crippen molar-refractivity contribution in [2.24, 2.45) is 5.92 Å². The molecule has 1 aromatic rings. The molecule has 2 saturated heterocycles. The molecular formula is C20H25N3O6. The lowest BCUT2D eigenvalue weighted by molar-refractivity contribution is -0.142. The summed E-state index contributed by atoms with van der Waals surface area (Å²) < 4.78 is 9.77. The summed E-state index contributed by atoms with van der Waals surface area (Å²) in [6.45, 7) is 1.05. The second-order valence-electron chi connectivity index (χ2n) is 7.18. The van der Waals surface area contributed by atoms with Gasteiger partial charge in [0.15, 0.2) is 0 Å². The Bertz CT molecular complexity index is 786. The van der Waals surface area contributed by atoms with Gasteiger partial charge in [-0.05, 0) is 43.0 Å². The Kier molecular flexibility index (Phi) is 6.36. The summed E-state index contributed by atoms with van der Waals surface area (Å²) in [5.41, 5.74) is 0.423. The molecule has 2 fully saturated rings. The zero-order valence-electron chi connectivity index (χ0n) is 16.6. The van der Waals surface area contributed by atoms with Gasteiger partial charge in [-0.3, -0.25) is 14.4 Å². The van der Waals surface area contributed by atoms with Crippen LogP contribution in [0.1, 0.15) is 25.7 Å². The molecule has 9 nitrogen and oxygen atoms in total. The van der Waals surface area contributed by atoms with Gasteiger partial charge in [-0.25, -0.2) is 9.69 Å². The minimum absolute atomic E-state index is 0.0844. The van der Waals surface area contributed by atoms with E-state index in [2.05, 4.69) is 10.1 Å². The van der Waals surface area contributed by atoms with Gasteiger partial charge in [0.1, 0.15) is 11.8 Å². The van der Waals surface area contributed by atoms with Gasteiger partial charge in [-0.15, -0.1) is 0 Å². The standard InChI is InChI=1S/C20H25N3O6/c1-28-15-5-3-14(4-6-15)23-19(26)16(21-20(23)27)12-17(24)22-9-7-13(8-10-22)11-18(25)29-2/h3-6,13,16H,7-12H2,1-2H3,(H,21,27). The van der Waals surface area contributed by atoms with Gasteiger partial charge in [0.2, 0.25) is 5.91 Å². The zero-order valence-corrected chi connectivity index (χ0v) is 16.6. The van der Waals surface area contributed by atoms with E-state index in [1.165, 1.54) is 14.2 Å². The van der Waals surface area contributed by atoms with E-state index in [0.29, 0.717) is 43.8 Å². The molecule has 0 bridgehead atoms. The Balaban J connectivity index is 1.55. The third-order valence-electron chi connectivity index (χ3n) is 5.38. The number of piperidine rings is 1. The number of rotatable bonds is 6. The van der Waals surface area contributed by atoms with Crippen molar-refractivity contribution in [3.63, 3.8) is 0 Å². The van der Waals surface area contributed by atoms with Gasteiger partial charge in [-0.1, -0.05) is 0 Å². The van der Waals surface area contributed by atoms with E-state index >= 15 is 0 Å². The summed E-state index contributed by atoms with van der Waals surface area (Å²) in [7, 11) is 2.89. The summed E-state index contributed by atoms with van der Waals surface area (Å²) >= 11 is 0. The van der Waals surface area contributed by atoms with Crippen LogP contribution in [0.15, 0.2) is 24.3 Å². The Morgan fingerprint density at radius 2 is 1.72 bits per heavy atom. The van der Waals surface area contributed by atoms with Gasteiger partial charge in [-0.2, -0.15) is 0 Å². The molecule has 2 heterocycles. The largest absolute Gasteiger partial charge is 0.497 e. The van der Waals surface area contributed by atoms with Gasteiger partial charge in [0.05, 0.1) is 26.3 Å². The average Bonchev–Trinajstić information content (AvgIpc) is 3.01. The van der Waals surface area contributed by atoms with E-state index in [0.717, 1.165) is 4.90 Å². The van der Waals surface area contributed by atoms with E-state index in [-0.39, 0.29) is 24.2 Å². The predicted molar refractivity (Wildman–Crippen MR) is 103 cm³/mol. The number of anilines is 1. The van der Waals surface area contributed by atoms with Crippen LogP contribution in [0.5, 0.6) is 5.75 Å². The van der Waals surface area contributed by atoms with E-state index in [1.54, 1.807) is 29.2 Å². The summed E-state index contributed by atoms with van der Waals surface area (Å²) in [4.78, 5) is 51.7. The van der Waals surface area contributed by atoms with Crippen molar-refractivity contribution in [3.05, 3.63) is 24.3 Å². The first-order valence-corrected chi connectivity index (χ1v) is 9.56. The average molecular weight is 403 g/mol. The number of benzene rings is 1. The maximum Gasteiger partial charge on any atom is 0.329 e. The number of hydrogen-bond acceptors (Lipinski definition) is 6. The van der Waals surface area contributed by atoms with Crippen LogP contribution in [0.3, 0.4) is 0 Å². The van der Waals surface area contributed by atoms with Gasteiger partial charge in [0, 0.05) is 19.5 Å². The number of nitrogens with zero attached hydrogens (tertiary/aromatic N) is 2. The monoisotopic (exact) mass is 403 g/mol. The number of likely N-dealkylation sites (tertiary alicyclic amines) is 1. The first-order chi connectivity index (χ1) is 13.9. The normalized spacial score (nSPS) is 19.9. The van der Waals surface area contributed by atoms with Crippen LogP contribution in [-0.2, 0) is 19.1 Å². The number of carbonyl (C=O) groups excluding carboxylic acids is 4. The van der Waals surface area contributed by atoms with Crippen LogP contribution in [-0.4, -0.2) is 62.1 Å². The van der Waals surface area contributed by atoms with Crippen LogP contribution in [0, 0.1) is 5.92 Å². The third kappa shape index (κ3) is 4.67. The molecule has 0 spiro atoms. The highest BCUT2D eigenvalue weighted by atomic mass is 16.5. The summed E-state index contributed by atoms with van der Waals surface area (Å²) in [5, 5.41) is 2.59. The molecule has 0 saturated carbocycles. The van der Waals surface area contributed by atoms with Crippen LogP contribution in [0.4, 0.5) is 10.5 Å². The smallest absolute Gasteiger partial charge is 0.329 e. The Labute approximate surface area is 168 Å². The number of ether oxygens (including phenoxy) is 2.